The Morgan fingerprint density at radius 3 is 2.17 bits per heavy atom. The molecule has 1 aliphatic rings. The molecule has 1 unspecified atom stereocenters. The van der Waals surface area contributed by atoms with Crippen LogP contribution >= 0.6 is 0 Å². The number of aliphatic hydroxyl groups is 1. The summed E-state index contributed by atoms with van der Waals surface area (Å²) >= 11 is 0. The second-order valence-corrected chi connectivity index (χ2v) is 10.1. The van der Waals surface area contributed by atoms with Gasteiger partial charge in [-0.05, 0) is 54.7 Å². The Morgan fingerprint density at radius 2 is 1.57 bits per heavy atom. The number of rotatable bonds is 5. The Balaban J connectivity index is 1.86. The SMILES string of the molecule is CC(C)Oc1cccc(/C(O)=C2\C(=O)C(=O)N(c3ccc(C(C)(C)C)cc3)C2c2ccccc2)c1. The highest BCUT2D eigenvalue weighted by atomic mass is 16.5. The smallest absolute Gasteiger partial charge is 0.300 e. The van der Waals surface area contributed by atoms with Crippen LogP contribution in [0.4, 0.5) is 5.69 Å². The van der Waals surface area contributed by atoms with E-state index in [1.165, 1.54) is 4.90 Å². The molecule has 1 N–H and O–H groups in total. The first kappa shape index (κ1) is 24.3. The highest BCUT2D eigenvalue weighted by Crippen LogP contribution is 2.42. The summed E-state index contributed by atoms with van der Waals surface area (Å²) in [6.07, 6.45) is -0.0432. The molecule has 0 radical (unpaired) electrons. The third-order valence-corrected chi connectivity index (χ3v) is 6.05. The van der Waals surface area contributed by atoms with E-state index in [0.717, 1.165) is 11.1 Å². The van der Waals surface area contributed by atoms with Gasteiger partial charge in [-0.15, -0.1) is 0 Å². The van der Waals surface area contributed by atoms with Crippen molar-refractivity contribution in [3.63, 3.8) is 0 Å². The van der Waals surface area contributed by atoms with Crippen molar-refractivity contribution in [2.75, 3.05) is 4.90 Å². The molecule has 1 amide bonds. The highest BCUT2D eigenvalue weighted by molar-refractivity contribution is 6.51. The maximum atomic E-state index is 13.3. The molecule has 5 heteroatoms. The zero-order chi connectivity index (χ0) is 25.3. The Labute approximate surface area is 206 Å². The van der Waals surface area contributed by atoms with Crippen LogP contribution in [0.1, 0.15) is 57.4 Å². The minimum atomic E-state index is -0.758. The van der Waals surface area contributed by atoms with Gasteiger partial charge in [-0.3, -0.25) is 14.5 Å². The van der Waals surface area contributed by atoms with E-state index in [1.54, 1.807) is 24.3 Å². The fourth-order valence-electron chi connectivity index (χ4n) is 4.32. The number of nitrogens with zero attached hydrogens (tertiary/aromatic N) is 1. The van der Waals surface area contributed by atoms with Gasteiger partial charge in [0.25, 0.3) is 11.7 Å². The van der Waals surface area contributed by atoms with Gasteiger partial charge in [-0.25, -0.2) is 0 Å². The number of ketones is 1. The zero-order valence-electron chi connectivity index (χ0n) is 20.8. The van der Waals surface area contributed by atoms with E-state index >= 15 is 0 Å². The van der Waals surface area contributed by atoms with Crippen LogP contribution in [0.25, 0.3) is 5.76 Å². The molecule has 35 heavy (non-hydrogen) atoms. The molecule has 0 saturated carbocycles. The van der Waals surface area contributed by atoms with Crippen molar-refractivity contribution < 1.29 is 19.4 Å². The van der Waals surface area contributed by atoms with E-state index < -0.39 is 17.7 Å². The van der Waals surface area contributed by atoms with E-state index in [2.05, 4.69) is 20.8 Å². The van der Waals surface area contributed by atoms with E-state index in [-0.39, 0.29) is 22.9 Å². The fraction of sp³-hybridized carbons (Fsp3) is 0.267. The van der Waals surface area contributed by atoms with Crippen molar-refractivity contribution >= 4 is 23.1 Å². The van der Waals surface area contributed by atoms with Crippen LogP contribution in [0.5, 0.6) is 5.75 Å². The number of aliphatic hydroxyl groups excluding tert-OH is 1. The topological polar surface area (TPSA) is 66.8 Å². The second kappa shape index (κ2) is 9.41. The van der Waals surface area contributed by atoms with Crippen LogP contribution in [0.2, 0.25) is 0 Å². The fourth-order valence-corrected chi connectivity index (χ4v) is 4.32. The Morgan fingerprint density at radius 1 is 0.914 bits per heavy atom. The van der Waals surface area contributed by atoms with Crippen LogP contribution in [-0.4, -0.2) is 22.9 Å². The maximum absolute atomic E-state index is 13.3. The molecule has 1 heterocycles. The van der Waals surface area contributed by atoms with Crippen molar-refractivity contribution in [1.82, 2.24) is 0 Å². The van der Waals surface area contributed by atoms with Crippen LogP contribution in [-0.2, 0) is 15.0 Å². The quantitative estimate of drug-likeness (QED) is 0.267. The van der Waals surface area contributed by atoms with Crippen molar-refractivity contribution in [2.24, 2.45) is 0 Å². The van der Waals surface area contributed by atoms with E-state index in [0.29, 0.717) is 17.0 Å². The summed E-state index contributed by atoms with van der Waals surface area (Å²) in [6, 6.07) is 23.2. The Kier molecular flexibility index (Phi) is 6.53. The first-order valence-electron chi connectivity index (χ1n) is 11.8. The monoisotopic (exact) mass is 469 g/mol. The summed E-state index contributed by atoms with van der Waals surface area (Å²) < 4.78 is 5.76. The molecular formula is C30H31NO4. The van der Waals surface area contributed by atoms with Crippen LogP contribution in [0.3, 0.4) is 0 Å². The molecule has 0 aromatic heterocycles. The molecule has 1 saturated heterocycles. The summed E-state index contributed by atoms with van der Waals surface area (Å²) in [4.78, 5) is 28.1. The van der Waals surface area contributed by atoms with E-state index in [1.807, 2.05) is 68.4 Å². The normalized spacial score (nSPS) is 17.8. The lowest BCUT2D eigenvalue weighted by atomic mass is 9.87. The predicted molar refractivity (Wildman–Crippen MR) is 139 cm³/mol. The lowest BCUT2D eigenvalue weighted by Crippen LogP contribution is -2.29. The number of carbonyl (C=O) groups is 2. The van der Waals surface area contributed by atoms with Gasteiger partial charge in [0, 0.05) is 11.3 Å². The minimum Gasteiger partial charge on any atom is -0.507 e. The lowest BCUT2D eigenvalue weighted by Gasteiger charge is -2.26. The predicted octanol–water partition coefficient (Wildman–Crippen LogP) is 6.40. The molecule has 5 nitrogen and oxygen atoms in total. The molecule has 4 rings (SSSR count). The zero-order valence-corrected chi connectivity index (χ0v) is 20.8. The van der Waals surface area contributed by atoms with E-state index in [9.17, 15) is 14.7 Å². The largest absolute Gasteiger partial charge is 0.507 e. The molecule has 0 spiro atoms. The molecule has 3 aromatic carbocycles. The number of amides is 1. The van der Waals surface area contributed by atoms with Crippen LogP contribution in [0, 0.1) is 0 Å². The first-order valence-corrected chi connectivity index (χ1v) is 11.8. The molecule has 3 aromatic rings. The van der Waals surface area contributed by atoms with Gasteiger partial charge < -0.3 is 9.84 Å². The molecule has 0 bridgehead atoms. The Hall–Kier alpha value is -3.86. The summed E-state index contributed by atoms with van der Waals surface area (Å²) in [5.41, 5.74) is 2.89. The maximum Gasteiger partial charge on any atom is 0.300 e. The van der Waals surface area contributed by atoms with Gasteiger partial charge in [0.2, 0.25) is 0 Å². The summed E-state index contributed by atoms with van der Waals surface area (Å²) in [6.45, 7) is 10.2. The molecule has 1 fully saturated rings. The summed E-state index contributed by atoms with van der Waals surface area (Å²) in [5, 5.41) is 11.3. The van der Waals surface area contributed by atoms with Gasteiger partial charge in [0.15, 0.2) is 0 Å². The van der Waals surface area contributed by atoms with Gasteiger partial charge in [0.05, 0.1) is 17.7 Å². The van der Waals surface area contributed by atoms with Gasteiger partial charge >= 0.3 is 0 Å². The van der Waals surface area contributed by atoms with Crippen molar-refractivity contribution in [1.29, 1.82) is 0 Å². The standard InChI is InChI=1S/C30H31NO4/c1-19(2)35-24-13-9-12-21(18-24)27(32)25-26(20-10-7-6-8-11-20)31(29(34)28(25)33)23-16-14-22(15-17-23)30(3,4)5/h6-19,26,32H,1-5H3/b27-25+. The first-order chi connectivity index (χ1) is 16.6. The molecule has 1 aliphatic heterocycles. The number of anilines is 1. The van der Waals surface area contributed by atoms with Gasteiger partial charge in [-0.1, -0.05) is 75.4 Å². The number of benzene rings is 3. The number of Topliss-reactive ketones (excluding diaryl/α,β-unsaturated/α-hetero) is 1. The van der Waals surface area contributed by atoms with Crippen molar-refractivity contribution in [3.05, 3.63) is 101 Å². The highest BCUT2D eigenvalue weighted by Gasteiger charge is 2.47. The number of ether oxygens (including phenoxy) is 1. The third-order valence-electron chi connectivity index (χ3n) is 6.05. The average Bonchev–Trinajstić information content (AvgIpc) is 3.09. The molecule has 0 aliphatic carbocycles. The van der Waals surface area contributed by atoms with Gasteiger partial charge in [-0.2, -0.15) is 0 Å². The molecule has 1 atom stereocenters. The van der Waals surface area contributed by atoms with Crippen LogP contribution in [0.15, 0.2) is 84.4 Å². The van der Waals surface area contributed by atoms with E-state index in [4.69, 9.17) is 4.74 Å². The third kappa shape index (κ3) is 4.85. The number of hydrogen-bond donors (Lipinski definition) is 1. The molecular weight excluding hydrogens is 438 g/mol. The van der Waals surface area contributed by atoms with Crippen molar-refractivity contribution in [3.8, 4) is 5.75 Å². The summed E-state index contributed by atoms with van der Waals surface area (Å²) in [5.74, 6) is -1.03. The van der Waals surface area contributed by atoms with Gasteiger partial charge in [0.1, 0.15) is 11.5 Å². The lowest BCUT2D eigenvalue weighted by molar-refractivity contribution is -0.132. The summed E-state index contributed by atoms with van der Waals surface area (Å²) in [7, 11) is 0. The Bertz CT molecular complexity index is 1270. The number of hydrogen-bond acceptors (Lipinski definition) is 4. The average molecular weight is 470 g/mol. The minimum absolute atomic E-state index is 0.0432. The van der Waals surface area contributed by atoms with Crippen LogP contribution < -0.4 is 9.64 Å². The number of carbonyl (C=O) groups excluding carboxylic acids is 2. The molecule has 180 valence electrons. The van der Waals surface area contributed by atoms with Crippen molar-refractivity contribution in [2.45, 2.75) is 52.2 Å². The second-order valence-electron chi connectivity index (χ2n) is 10.1.